The van der Waals surface area contributed by atoms with Crippen molar-refractivity contribution in [2.75, 3.05) is 33.5 Å². The van der Waals surface area contributed by atoms with E-state index >= 15 is 0 Å². The Morgan fingerprint density at radius 3 is 1.92 bits per heavy atom. The number of carbonyl (C=O) groups excluding carboxylic acids is 1. The third kappa shape index (κ3) is 24.6. The van der Waals surface area contributed by atoms with Gasteiger partial charge in [0.25, 0.3) is 0 Å². The van der Waals surface area contributed by atoms with Crippen LogP contribution in [0.3, 0.4) is 0 Å². The van der Waals surface area contributed by atoms with Crippen LogP contribution < -0.4 is 0 Å². The molecular weight excluding hydrogens is 172 g/mol. The minimum absolute atomic E-state index is 0.262. The molecule has 0 fully saturated rings. The lowest BCUT2D eigenvalue weighted by Crippen LogP contribution is -2.05. The summed E-state index contributed by atoms with van der Waals surface area (Å²) in [7, 11) is 1.56. The third-order valence-electron chi connectivity index (χ3n) is 1.00. The van der Waals surface area contributed by atoms with Crippen molar-refractivity contribution in [2.45, 2.75) is 20.8 Å². The zero-order valence-electron chi connectivity index (χ0n) is 8.96. The van der Waals surface area contributed by atoms with Gasteiger partial charge < -0.3 is 14.2 Å². The summed E-state index contributed by atoms with van der Waals surface area (Å²) in [4.78, 5) is 10.0. The largest absolute Gasteiger partial charge is 0.463 e. The zero-order chi connectivity index (χ0) is 10.5. The van der Waals surface area contributed by atoms with Crippen molar-refractivity contribution in [2.24, 2.45) is 0 Å². The van der Waals surface area contributed by atoms with Crippen molar-refractivity contribution in [3.8, 4) is 0 Å². The van der Waals surface area contributed by atoms with Gasteiger partial charge in [0.05, 0.1) is 6.61 Å². The molecule has 0 bridgehead atoms. The number of rotatable bonds is 5. The van der Waals surface area contributed by atoms with Gasteiger partial charge in [-0.1, -0.05) is 0 Å². The molecule has 0 radical (unpaired) electrons. The SMILES string of the molecule is CCOCC.COCCOC(C)=O. The first-order valence-electron chi connectivity index (χ1n) is 4.39. The molecule has 0 aromatic carbocycles. The molecule has 0 aliphatic carbocycles. The summed E-state index contributed by atoms with van der Waals surface area (Å²) < 4.78 is 14.0. The minimum Gasteiger partial charge on any atom is -0.463 e. The van der Waals surface area contributed by atoms with E-state index < -0.39 is 0 Å². The van der Waals surface area contributed by atoms with E-state index in [0.717, 1.165) is 13.2 Å². The molecule has 0 rings (SSSR count). The van der Waals surface area contributed by atoms with Gasteiger partial charge in [-0.3, -0.25) is 4.79 Å². The van der Waals surface area contributed by atoms with Gasteiger partial charge in [0.2, 0.25) is 0 Å². The highest BCUT2D eigenvalue weighted by Gasteiger charge is 1.88. The summed E-state index contributed by atoms with van der Waals surface area (Å²) in [6.45, 7) is 7.86. The van der Waals surface area contributed by atoms with Crippen LogP contribution in [0.4, 0.5) is 0 Å². The van der Waals surface area contributed by atoms with Crippen molar-refractivity contribution in [1.29, 1.82) is 0 Å². The molecule has 13 heavy (non-hydrogen) atoms. The Morgan fingerprint density at radius 1 is 1.15 bits per heavy atom. The van der Waals surface area contributed by atoms with Crippen molar-refractivity contribution in [3.63, 3.8) is 0 Å². The van der Waals surface area contributed by atoms with E-state index in [-0.39, 0.29) is 5.97 Å². The number of ether oxygens (including phenoxy) is 3. The van der Waals surface area contributed by atoms with Crippen LogP contribution in [0.2, 0.25) is 0 Å². The van der Waals surface area contributed by atoms with E-state index in [1.165, 1.54) is 6.92 Å². The first kappa shape index (κ1) is 14.9. The van der Waals surface area contributed by atoms with E-state index in [2.05, 4.69) is 9.47 Å². The first-order chi connectivity index (χ1) is 6.18. The Kier molecular flexibility index (Phi) is 16.0. The van der Waals surface area contributed by atoms with Gasteiger partial charge in [-0.25, -0.2) is 0 Å². The molecule has 0 aliphatic heterocycles. The lowest BCUT2D eigenvalue weighted by molar-refractivity contribution is -0.142. The number of carbonyl (C=O) groups is 1. The molecule has 0 amide bonds. The quantitative estimate of drug-likeness (QED) is 0.485. The maximum atomic E-state index is 10.0. The Labute approximate surface area is 80.2 Å². The second-order valence-corrected chi connectivity index (χ2v) is 2.11. The summed E-state index contributed by atoms with van der Waals surface area (Å²) in [5, 5.41) is 0. The van der Waals surface area contributed by atoms with Gasteiger partial charge in [0.15, 0.2) is 0 Å². The molecule has 0 aromatic heterocycles. The molecule has 0 spiro atoms. The molecule has 4 heteroatoms. The van der Waals surface area contributed by atoms with Gasteiger partial charge in [0, 0.05) is 27.2 Å². The molecule has 0 atom stereocenters. The van der Waals surface area contributed by atoms with E-state index in [4.69, 9.17) is 4.74 Å². The lowest BCUT2D eigenvalue weighted by atomic mass is 10.7. The van der Waals surface area contributed by atoms with E-state index in [0.29, 0.717) is 13.2 Å². The van der Waals surface area contributed by atoms with Gasteiger partial charge in [0.1, 0.15) is 6.61 Å². The minimum atomic E-state index is -0.262. The van der Waals surface area contributed by atoms with Crippen LogP contribution in [0, 0.1) is 0 Å². The molecule has 0 aromatic rings. The Bertz CT molecular complexity index is 102. The fourth-order valence-electron chi connectivity index (χ4n) is 0.473. The van der Waals surface area contributed by atoms with Gasteiger partial charge in [-0.05, 0) is 13.8 Å². The lowest BCUT2D eigenvalue weighted by Gasteiger charge is -1.97. The fraction of sp³-hybridized carbons (Fsp3) is 0.889. The van der Waals surface area contributed by atoms with Gasteiger partial charge in [-0.15, -0.1) is 0 Å². The van der Waals surface area contributed by atoms with Crippen molar-refractivity contribution in [1.82, 2.24) is 0 Å². The number of esters is 1. The van der Waals surface area contributed by atoms with Crippen LogP contribution in [-0.4, -0.2) is 39.5 Å². The molecule has 0 N–H and O–H groups in total. The van der Waals surface area contributed by atoms with Crippen LogP contribution in [0.25, 0.3) is 0 Å². The zero-order valence-corrected chi connectivity index (χ0v) is 8.96. The maximum absolute atomic E-state index is 10.0. The standard InChI is InChI=1S/C5H10O3.C4H10O/c1-5(6)8-4-3-7-2;1-3-5-4-2/h3-4H2,1-2H3;3-4H2,1-2H3. The van der Waals surface area contributed by atoms with Gasteiger partial charge >= 0.3 is 5.97 Å². The maximum Gasteiger partial charge on any atom is 0.302 e. The summed E-state index contributed by atoms with van der Waals surface area (Å²) in [6.07, 6.45) is 0. The monoisotopic (exact) mass is 192 g/mol. The van der Waals surface area contributed by atoms with Crippen LogP contribution in [0.15, 0.2) is 0 Å². The van der Waals surface area contributed by atoms with Crippen LogP contribution in [-0.2, 0) is 19.0 Å². The van der Waals surface area contributed by atoms with E-state index in [9.17, 15) is 4.79 Å². The summed E-state index contributed by atoms with van der Waals surface area (Å²) in [6, 6.07) is 0. The van der Waals surface area contributed by atoms with Crippen molar-refractivity contribution < 1.29 is 19.0 Å². The predicted molar refractivity (Wildman–Crippen MR) is 50.7 cm³/mol. The number of methoxy groups -OCH3 is 1. The van der Waals surface area contributed by atoms with Crippen molar-refractivity contribution >= 4 is 5.97 Å². The Hall–Kier alpha value is -0.610. The third-order valence-corrected chi connectivity index (χ3v) is 1.00. The highest BCUT2D eigenvalue weighted by molar-refractivity contribution is 5.65. The summed E-state index contributed by atoms with van der Waals surface area (Å²) >= 11 is 0. The average molecular weight is 192 g/mol. The highest BCUT2D eigenvalue weighted by atomic mass is 16.6. The molecule has 0 heterocycles. The van der Waals surface area contributed by atoms with E-state index in [1.54, 1.807) is 7.11 Å². The highest BCUT2D eigenvalue weighted by Crippen LogP contribution is 1.74. The molecule has 0 unspecified atom stereocenters. The summed E-state index contributed by atoms with van der Waals surface area (Å²) in [5.74, 6) is -0.262. The molecule has 4 nitrogen and oxygen atoms in total. The van der Waals surface area contributed by atoms with Crippen molar-refractivity contribution in [3.05, 3.63) is 0 Å². The smallest absolute Gasteiger partial charge is 0.302 e. The van der Waals surface area contributed by atoms with Crippen LogP contribution in [0.5, 0.6) is 0 Å². The van der Waals surface area contributed by atoms with E-state index in [1.807, 2.05) is 13.8 Å². The molecule has 80 valence electrons. The predicted octanol–water partition coefficient (Wildman–Crippen LogP) is 1.24. The molecule has 0 saturated heterocycles. The van der Waals surface area contributed by atoms with Crippen LogP contribution in [0.1, 0.15) is 20.8 Å². The molecular formula is C9H20O4. The first-order valence-corrected chi connectivity index (χ1v) is 4.39. The second kappa shape index (κ2) is 13.9. The topological polar surface area (TPSA) is 44.8 Å². The second-order valence-electron chi connectivity index (χ2n) is 2.11. The average Bonchev–Trinajstić information content (AvgIpc) is 2.07. The number of hydrogen-bond acceptors (Lipinski definition) is 4. The van der Waals surface area contributed by atoms with Crippen LogP contribution >= 0.6 is 0 Å². The fourth-order valence-corrected chi connectivity index (χ4v) is 0.473. The Morgan fingerprint density at radius 2 is 1.69 bits per heavy atom. The number of hydrogen-bond donors (Lipinski definition) is 0. The molecule has 0 aliphatic rings. The normalized spacial score (nSPS) is 8.62. The summed E-state index contributed by atoms with van der Waals surface area (Å²) in [5.41, 5.74) is 0. The Balaban J connectivity index is 0. The molecule has 0 saturated carbocycles. The van der Waals surface area contributed by atoms with Gasteiger partial charge in [-0.2, -0.15) is 0 Å².